The Morgan fingerprint density at radius 1 is 1.18 bits per heavy atom. The van der Waals surface area contributed by atoms with Gasteiger partial charge in [0.2, 0.25) is 0 Å². The number of hydrogen-bond acceptors (Lipinski definition) is 5. The van der Waals surface area contributed by atoms with Crippen LogP contribution in [0.5, 0.6) is 11.5 Å². The predicted octanol–water partition coefficient (Wildman–Crippen LogP) is 7.27. The average molecular weight is 523 g/mol. The monoisotopic (exact) mass is 521 g/mol. The summed E-state index contributed by atoms with van der Waals surface area (Å²) >= 11 is 19.2. The molecular weight excluding hydrogens is 497 g/mol. The van der Waals surface area contributed by atoms with Crippen LogP contribution in [0.15, 0.2) is 47.9 Å². The van der Waals surface area contributed by atoms with Crippen molar-refractivity contribution < 1.29 is 14.3 Å². The Labute approximate surface area is 214 Å². The van der Waals surface area contributed by atoms with E-state index in [0.29, 0.717) is 49.7 Å². The number of carbonyl (C=O) groups excluding carboxylic acids is 1. The van der Waals surface area contributed by atoms with Crippen molar-refractivity contribution in [2.75, 3.05) is 19.8 Å². The molecule has 0 N–H and O–H groups in total. The molecule has 8 heteroatoms. The van der Waals surface area contributed by atoms with Gasteiger partial charge in [-0.1, -0.05) is 79.2 Å². The van der Waals surface area contributed by atoms with Gasteiger partial charge in [0.1, 0.15) is 29.0 Å². The van der Waals surface area contributed by atoms with Crippen molar-refractivity contribution in [2.24, 2.45) is 0 Å². The number of nitrogens with zero attached hydrogens (tertiary/aromatic N) is 1. The fraction of sp³-hybridized carbons (Fsp3) is 0.280. The average Bonchev–Trinajstić information content (AvgIpc) is 3.00. The maximum atomic E-state index is 12.7. The maximum absolute atomic E-state index is 12.7. The van der Waals surface area contributed by atoms with Crippen LogP contribution >= 0.6 is 47.2 Å². The number of hydrogen-bond donors (Lipinski definition) is 0. The SMILES string of the molecule is C=CCN1C(=O)/C(=C\c2cc(Cl)cc(Cl)c2OCCOc2cc(C)ccc2C(C)C)SC1=S. The minimum absolute atomic E-state index is 0.184. The van der Waals surface area contributed by atoms with Crippen LogP contribution in [0.3, 0.4) is 0 Å². The topological polar surface area (TPSA) is 38.8 Å². The van der Waals surface area contributed by atoms with Crippen LogP contribution in [0.25, 0.3) is 6.08 Å². The fourth-order valence-electron chi connectivity index (χ4n) is 3.31. The van der Waals surface area contributed by atoms with Crippen molar-refractivity contribution in [1.82, 2.24) is 4.90 Å². The highest BCUT2D eigenvalue weighted by Crippen LogP contribution is 2.38. The van der Waals surface area contributed by atoms with E-state index in [2.05, 4.69) is 32.6 Å². The molecule has 174 valence electrons. The fourth-order valence-corrected chi connectivity index (χ4v) is 5.14. The molecule has 0 bridgehead atoms. The van der Waals surface area contributed by atoms with Crippen molar-refractivity contribution in [2.45, 2.75) is 26.7 Å². The highest BCUT2D eigenvalue weighted by atomic mass is 35.5. The number of thiocarbonyl (C=S) groups is 1. The Morgan fingerprint density at radius 2 is 1.91 bits per heavy atom. The molecule has 0 radical (unpaired) electrons. The van der Waals surface area contributed by atoms with E-state index in [0.717, 1.165) is 16.9 Å². The molecule has 0 saturated carbocycles. The van der Waals surface area contributed by atoms with Gasteiger partial charge in [0.15, 0.2) is 0 Å². The van der Waals surface area contributed by atoms with Crippen LogP contribution in [-0.4, -0.2) is 34.9 Å². The van der Waals surface area contributed by atoms with Crippen molar-refractivity contribution in [3.05, 3.63) is 74.6 Å². The van der Waals surface area contributed by atoms with Gasteiger partial charge in [-0.3, -0.25) is 9.69 Å². The molecule has 2 aromatic carbocycles. The summed E-state index contributed by atoms with van der Waals surface area (Å²) < 4.78 is 12.5. The quantitative estimate of drug-likeness (QED) is 0.150. The standard InChI is InChI=1S/C25H25Cl2NO3S2/c1-5-8-28-24(29)22(33-25(28)32)13-17-12-18(26)14-20(27)23(17)31-10-9-30-21-11-16(4)6-7-19(21)15(2)3/h5-7,11-15H,1,8-10H2,2-4H3/b22-13+. The molecule has 4 nitrogen and oxygen atoms in total. The van der Waals surface area contributed by atoms with Gasteiger partial charge < -0.3 is 9.47 Å². The summed E-state index contributed by atoms with van der Waals surface area (Å²) in [5, 5.41) is 0.798. The third kappa shape index (κ3) is 6.33. The minimum Gasteiger partial charge on any atom is -0.490 e. The molecule has 2 aromatic rings. The van der Waals surface area contributed by atoms with Gasteiger partial charge in [-0.2, -0.15) is 0 Å². The molecule has 1 saturated heterocycles. The van der Waals surface area contributed by atoms with Crippen LogP contribution in [-0.2, 0) is 4.79 Å². The zero-order valence-corrected chi connectivity index (χ0v) is 21.8. The second kappa shape index (κ2) is 11.4. The molecule has 3 rings (SSSR count). The zero-order chi connectivity index (χ0) is 24.1. The van der Waals surface area contributed by atoms with Crippen LogP contribution in [0, 0.1) is 6.92 Å². The molecular formula is C25H25Cl2NO3S2. The number of carbonyl (C=O) groups is 1. The first-order valence-electron chi connectivity index (χ1n) is 10.4. The summed E-state index contributed by atoms with van der Waals surface area (Å²) in [7, 11) is 0. The molecule has 0 spiro atoms. The highest BCUT2D eigenvalue weighted by Gasteiger charge is 2.31. The lowest BCUT2D eigenvalue weighted by molar-refractivity contribution is -0.121. The lowest BCUT2D eigenvalue weighted by atomic mass is 10.0. The van der Waals surface area contributed by atoms with Crippen LogP contribution in [0.2, 0.25) is 10.0 Å². The van der Waals surface area contributed by atoms with Gasteiger partial charge in [0.05, 0.1) is 9.93 Å². The molecule has 33 heavy (non-hydrogen) atoms. The van der Waals surface area contributed by atoms with E-state index in [1.165, 1.54) is 16.7 Å². The number of ether oxygens (including phenoxy) is 2. The van der Waals surface area contributed by atoms with E-state index in [1.807, 2.05) is 13.0 Å². The van der Waals surface area contributed by atoms with Crippen molar-refractivity contribution in [3.8, 4) is 11.5 Å². The van der Waals surface area contributed by atoms with Crippen LogP contribution in [0.4, 0.5) is 0 Å². The minimum atomic E-state index is -0.184. The first kappa shape index (κ1) is 25.6. The van der Waals surface area contributed by atoms with Gasteiger partial charge >= 0.3 is 0 Å². The number of thioether (sulfide) groups is 1. The molecule has 1 aliphatic heterocycles. The first-order valence-corrected chi connectivity index (χ1v) is 12.4. The van der Waals surface area contributed by atoms with Gasteiger partial charge in [0, 0.05) is 17.1 Å². The van der Waals surface area contributed by atoms with E-state index < -0.39 is 0 Å². The van der Waals surface area contributed by atoms with E-state index in [1.54, 1.807) is 24.3 Å². The molecule has 0 unspecified atom stereocenters. The van der Waals surface area contributed by atoms with E-state index in [4.69, 9.17) is 44.9 Å². The van der Waals surface area contributed by atoms with Crippen LogP contribution < -0.4 is 9.47 Å². The number of halogens is 2. The summed E-state index contributed by atoms with van der Waals surface area (Å²) in [6, 6.07) is 9.52. The van der Waals surface area contributed by atoms with Gasteiger partial charge in [0.25, 0.3) is 5.91 Å². The molecule has 0 atom stereocenters. The summed E-state index contributed by atoms with van der Waals surface area (Å²) in [6.45, 7) is 10.9. The van der Waals surface area contributed by atoms with Crippen LogP contribution in [0.1, 0.15) is 36.5 Å². The number of aryl methyl sites for hydroxylation is 1. The summed E-state index contributed by atoms with van der Waals surface area (Å²) in [5.74, 6) is 1.45. The molecule has 1 fully saturated rings. The molecule has 0 aliphatic carbocycles. The number of amides is 1. The van der Waals surface area contributed by atoms with E-state index in [9.17, 15) is 4.79 Å². The van der Waals surface area contributed by atoms with Gasteiger partial charge in [-0.15, -0.1) is 6.58 Å². The molecule has 1 heterocycles. The second-order valence-corrected chi connectivity index (χ2v) is 10.3. The largest absolute Gasteiger partial charge is 0.490 e. The smallest absolute Gasteiger partial charge is 0.266 e. The first-order chi connectivity index (χ1) is 15.7. The molecule has 0 aromatic heterocycles. The Balaban J connectivity index is 1.76. The Kier molecular flexibility index (Phi) is 8.88. The van der Waals surface area contributed by atoms with E-state index >= 15 is 0 Å². The summed E-state index contributed by atoms with van der Waals surface area (Å²) in [5.41, 5.74) is 2.88. The lowest BCUT2D eigenvalue weighted by Crippen LogP contribution is -2.27. The van der Waals surface area contributed by atoms with Gasteiger partial charge in [-0.05, 0) is 48.2 Å². The summed E-state index contributed by atoms with van der Waals surface area (Å²) in [4.78, 5) is 14.7. The Hall–Kier alpha value is -1.99. The number of rotatable bonds is 9. The second-order valence-electron chi connectivity index (χ2n) is 7.78. The Morgan fingerprint density at radius 3 is 2.61 bits per heavy atom. The van der Waals surface area contributed by atoms with E-state index in [-0.39, 0.29) is 12.5 Å². The lowest BCUT2D eigenvalue weighted by Gasteiger charge is -2.16. The molecule has 1 amide bonds. The van der Waals surface area contributed by atoms with Crippen molar-refractivity contribution in [3.63, 3.8) is 0 Å². The third-order valence-corrected chi connectivity index (χ3v) is 6.76. The van der Waals surface area contributed by atoms with Gasteiger partial charge in [-0.25, -0.2) is 0 Å². The van der Waals surface area contributed by atoms with Crippen molar-refractivity contribution >= 4 is 63.5 Å². The summed E-state index contributed by atoms with van der Waals surface area (Å²) in [6.07, 6.45) is 3.34. The highest BCUT2D eigenvalue weighted by molar-refractivity contribution is 8.26. The zero-order valence-electron chi connectivity index (χ0n) is 18.7. The maximum Gasteiger partial charge on any atom is 0.266 e. The molecule has 1 aliphatic rings. The Bertz CT molecular complexity index is 1120. The normalized spacial score (nSPS) is 15.0. The number of benzene rings is 2. The predicted molar refractivity (Wildman–Crippen MR) is 143 cm³/mol. The van der Waals surface area contributed by atoms with Crippen molar-refractivity contribution in [1.29, 1.82) is 0 Å². The third-order valence-electron chi connectivity index (χ3n) is 4.89.